The summed E-state index contributed by atoms with van der Waals surface area (Å²) in [5.41, 5.74) is 0.621. The van der Waals surface area contributed by atoms with Crippen LogP contribution in [0.4, 0.5) is 4.39 Å². The fourth-order valence-corrected chi connectivity index (χ4v) is 3.25. The second-order valence-electron chi connectivity index (χ2n) is 5.91. The average Bonchev–Trinajstić information content (AvgIpc) is 2.46. The predicted octanol–water partition coefficient (Wildman–Crippen LogP) is 3.33. The van der Waals surface area contributed by atoms with Crippen LogP contribution in [0.2, 0.25) is 0 Å². The molecular weight excluding hydrogens is 319 g/mol. The van der Waals surface area contributed by atoms with Crippen LogP contribution in [0.1, 0.15) is 45.1 Å². The Labute approximate surface area is 138 Å². The molecule has 0 aliphatic heterocycles. The number of methoxy groups -OCH3 is 1. The van der Waals surface area contributed by atoms with Crippen molar-refractivity contribution in [1.29, 1.82) is 0 Å². The number of unbranched alkanes of at least 4 members (excludes halogenated alkanes) is 2. The number of hydrogen-bond donors (Lipinski definition) is 0. The maximum Gasteiger partial charge on any atom is 0.165 e. The van der Waals surface area contributed by atoms with Gasteiger partial charge in [0.1, 0.15) is 5.78 Å². The van der Waals surface area contributed by atoms with Crippen molar-refractivity contribution >= 4 is 15.6 Å². The molecule has 0 heterocycles. The van der Waals surface area contributed by atoms with Gasteiger partial charge in [-0.05, 0) is 44.4 Å². The van der Waals surface area contributed by atoms with Gasteiger partial charge in [-0.1, -0.05) is 12.5 Å². The van der Waals surface area contributed by atoms with Crippen molar-refractivity contribution in [2.24, 2.45) is 0 Å². The zero-order valence-corrected chi connectivity index (χ0v) is 14.8. The van der Waals surface area contributed by atoms with Gasteiger partial charge in [-0.3, -0.25) is 4.79 Å². The summed E-state index contributed by atoms with van der Waals surface area (Å²) < 4.78 is 41.6. The highest BCUT2D eigenvalue weighted by Crippen LogP contribution is 2.18. The molecule has 1 aromatic rings. The van der Waals surface area contributed by atoms with E-state index >= 15 is 0 Å². The van der Waals surface area contributed by atoms with Crippen molar-refractivity contribution in [3.05, 3.63) is 29.6 Å². The molecule has 0 saturated carbocycles. The molecule has 0 spiro atoms. The SMILES string of the molecule is COc1ccc(CC(=O)CCCCCS(=O)(=O)C(C)C)cc1F. The van der Waals surface area contributed by atoms with Crippen molar-refractivity contribution in [2.45, 2.75) is 51.2 Å². The molecule has 4 nitrogen and oxygen atoms in total. The summed E-state index contributed by atoms with van der Waals surface area (Å²) in [6, 6.07) is 4.50. The number of benzene rings is 1. The lowest BCUT2D eigenvalue weighted by Crippen LogP contribution is -2.17. The Morgan fingerprint density at radius 2 is 1.91 bits per heavy atom. The Morgan fingerprint density at radius 3 is 2.48 bits per heavy atom. The monoisotopic (exact) mass is 344 g/mol. The van der Waals surface area contributed by atoms with E-state index in [1.54, 1.807) is 19.9 Å². The van der Waals surface area contributed by atoms with E-state index in [9.17, 15) is 17.6 Å². The van der Waals surface area contributed by atoms with Crippen molar-refractivity contribution in [3.8, 4) is 5.75 Å². The Bertz CT molecular complexity index is 623. The summed E-state index contributed by atoms with van der Waals surface area (Å²) in [6.07, 6.45) is 2.51. The lowest BCUT2D eigenvalue weighted by atomic mass is 10.0. The fraction of sp³-hybridized carbons (Fsp3) is 0.588. The van der Waals surface area contributed by atoms with E-state index in [1.165, 1.54) is 19.2 Å². The Balaban J connectivity index is 2.31. The smallest absolute Gasteiger partial charge is 0.165 e. The largest absolute Gasteiger partial charge is 0.494 e. The molecule has 0 aliphatic carbocycles. The van der Waals surface area contributed by atoms with Crippen LogP contribution in [-0.4, -0.2) is 32.3 Å². The number of hydrogen-bond acceptors (Lipinski definition) is 4. The third-order valence-corrected chi connectivity index (χ3v) is 6.01. The van der Waals surface area contributed by atoms with E-state index in [2.05, 4.69) is 0 Å². The molecule has 0 aromatic heterocycles. The van der Waals surface area contributed by atoms with Crippen LogP contribution in [-0.2, 0) is 21.1 Å². The van der Waals surface area contributed by atoms with Gasteiger partial charge in [-0.15, -0.1) is 0 Å². The number of rotatable bonds is 10. The minimum absolute atomic E-state index is 0.0290. The van der Waals surface area contributed by atoms with Gasteiger partial charge in [0, 0.05) is 12.8 Å². The Kier molecular flexibility index (Phi) is 7.68. The van der Waals surface area contributed by atoms with Gasteiger partial charge in [0.15, 0.2) is 21.4 Å². The van der Waals surface area contributed by atoms with Crippen LogP contribution < -0.4 is 4.74 Å². The highest BCUT2D eigenvalue weighted by Gasteiger charge is 2.15. The third-order valence-electron chi connectivity index (χ3n) is 3.72. The van der Waals surface area contributed by atoms with E-state index in [0.29, 0.717) is 31.2 Å². The highest BCUT2D eigenvalue weighted by molar-refractivity contribution is 7.91. The molecule has 0 unspecified atom stereocenters. The number of ether oxygens (including phenoxy) is 1. The van der Waals surface area contributed by atoms with E-state index in [4.69, 9.17) is 4.74 Å². The third kappa shape index (κ3) is 6.69. The second-order valence-corrected chi connectivity index (χ2v) is 8.59. The summed E-state index contributed by atoms with van der Waals surface area (Å²) in [5.74, 6) is -0.117. The molecule has 0 saturated heterocycles. The van der Waals surface area contributed by atoms with Gasteiger partial charge in [-0.25, -0.2) is 12.8 Å². The molecule has 0 atom stereocenters. The van der Waals surface area contributed by atoms with Crippen molar-refractivity contribution in [3.63, 3.8) is 0 Å². The van der Waals surface area contributed by atoms with E-state index in [1.807, 2.05) is 0 Å². The number of halogens is 1. The number of carbonyl (C=O) groups is 1. The van der Waals surface area contributed by atoms with Gasteiger partial charge in [0.05, 0.1) is 18.1 Å². The molecule has 1 aromatic carbocycles. The molecule has 0 N–H and O–H groups in total. The normalized spacial score (nSPS) is 11.7. The second kappa shape index (κ2) is 9.01. The Morgan fingerprint density at radius 1 is 1.22 bits per heavy atom. The van der Waals surface area contributed by atoms with Crippen molar-refractivity contribution in [1.82, 2.24) is 0 Å². The number of sulfone groups is 1. The minimum atomic E-state index is -3.00. The molecule has 0 fully saturated rings. The first-order valence-electron chi connectivity index (χ1n) is 7.82. The highest BCUT2D eigenvalue weighted by atomic mass is 32.2. The maximum atomic E-state index is 13.5. The molecule has 0 radical (unpaired) electrons. The van der Waals surface area contributed by atoms with Gasteiger partial charge in [0.2, 0.25) is 0 Å². The minimum Gasteiger partial charge on any atom is -0.494 e. The zero-order chi connectivity index (χ0) is 17.5. The zero-order valence-electron chi connectivity index (χ0n) is 14.0. The molecule has 6 heteroatoms. The summed E-state index contributed by atoms with van der Waals surface area (Å²) >= 11 is 0. The van der Waals surface area contributed by atoms with Crippen LogP contribution in [0.15, 0.2) is 18.2 Å². The Hall–Kier alpha value is -1.43. The number of ketones is 1. The molecule has 23 heavy (non-hydrogen) atoms. The first-order valence-corrected chi connectivity index (χ1v) is 9.53. The molecule has 0 aliphatic rings. The van der Waals surface area contributed by atoms with Crippen LogP contribution in [0.25, 0.3) is 0 Å². The molecule has 0 bridgehead atoms. The summed E-state index contributed by atoms with van der Waals surface area (Å²) in [6.45, 7) is 3.35. The van der Waals surface area contributed by atoms with Gasteiger partial charge < -0.3 is 4.74 Å². The van der Waals surface area contributed by atoms with Crippen LogP contribution in [0.5, 0.6) is 5.75 Å². The van der Waals surface area contributed by atoms with Gasteiger partial charge in [-0.2, -0.15) is 0 Å². The number of carbonyl (C=O) groups excluding carboxylic acids is 1. The average molecular weight is 344 g/mol. The topological polar surface area (TPSA) is 60.4 Å². The van der Waals surface area contributed by atoms with Crippen molar-refractivity contribution in [2.75, 3.05) is 12.9 Å². The van der Waals surface area contributed by atoms with Crippen LogP contribution >= 0.6 is 0 Å². The number of Topliss-reactive ketones (excluding diaryl/α,β-unsaturated/α-hetero) is 1. The maximum absolute atomic E-state index is 13.5. The molecule has 0 amide bonds. The van der Waals surface area contributed by atoms with E-state index < -0.39 is 15.7 Å². The lowest BCUT2D eigenvalue weighted by Gasteiger charge is -2.07. The van der Waals surface area contributed by atoms with Crippen LogP contribution in [0, 0.1) is 5.82 Å². The fourth-order valence-electron chi connectivity index (χ4n) is 2.17. The molecule has 1 rings (SSSR count). The van der Waals surface area contributed by atoms with Crippen molar-refractivity contribution < 1.29 is 22.3 Å². The lowest BCUT2D eigenvalue weighted by molar-refractivity contribution is -0.118. The predicted molar refractivity (Wildman–Crippen MR) is 89.1 cm³/mol. The summed E-state index contributed by atoms with van der Waals surface area (Å²) in [4.78, 5) is 11.9. The van der Waals surface area contributed by atoms with E-state index in [-0.39, 0.29) is 29.0 Å². The standard InChI is InChI=1S/C17H25FO4S/c1-13(2)23(20,21)10-6-4-5-7-15(19)11-14-8-9-17(22-3)16(18)12-14/h8-9,12-13H,4-7,10-11H2,1-3H3. The first-order chi connectivity index (χ1) is 10.8. The molecular formula is C17H25FO4S. The van der Waals surface area contributed by atoms with Gasteiger partial charge >= 0.3 is 0 Å². The van der Waals surface area contributed by atoms with E-state index in [0.717, 1.165) is 0 Å². The summed E-state index contributed by atoms with van der Waals surface area (Å²) in [5, 5.41) is -0.353. The van der Waals surface area contributed by atoms with Crippen LogP contribution in [0.3, 0.4) is 0 Å². The quantitative estimate of drug-likeness (QED) is 0.611. The first kappa shape index (κ1) is 19.6. The summed E-state index contributed by atoms with van der Waals surface area (Å²) in [7, 11) is -1.61. The molecule has 130 valence electrons. The van der Waals surface area contributed by atoms with Gasteiger partial charge in [0.25, 0.3) is 0 Å².